The van der Waals surface area contributed by atoms with Gasteiger partial charge >= 0.3 is 6.36 Å². The van der Waals surface area contributed by atoms with E-state index in [-0.39, 0.29) is 18.0 Å². The molecule has 1 aliphatic rings. The number of piperidine rings is 1. The van der Waals surface area contributed by atoms with Gasteiger partial charge in [0.25, 0.3) is 0 Å². The zero-order valence-electron chi connectivity index (χ0n) is 16.3. The van der Waals surface area contributed by atoms with E-state index in [9.17, 15) is 30.4 Å². The molecule has 31 heavy (non-hydrogen) atoms. The molecule has 1 saturated heterocycles. The molecule has 0 radical (unpaired) electrons. The Labute approximate surface area is 176 Å². The highest BCUT2D eigenvalue weighted by atomic mass is 32.2. The van der Waals surface area contributed by atoms with E-state index in [1.165, 1.54) is 24.3 Å². The van der Waals surface area contributed by atoms with E-state index in [4.69, 9.17) is 0 Å². The fraction of sp³-hybridized carbons (Fsp3) is 0.400. The third-order valence-electron chi connectivity index (χ3n) is 4.83. The summed E-state index contributed by atoms with van der Waals surface area (Å²) in [7, 11) is -4.14. The molecule has 0 unspecified atom stereocenters. The molecule has 3 rings (SSSR count). The first-order valence-electron chi connectivity index (χ1n) is 9.52. The Kier molecular flexibility index (Phi) is 7.17. The number of benzene rings is 2. The first-order valence-corrected chi connectivity index (χ1v) is 11.0. The van der Waals surface area contributed by atoms with Crippen LogP contribution in [0.25, 0.3) is 0 Å². The summed E-state index contributed by atoms with van der Waals surface area (Å²) < 4.78 is 95.9. The highest BCUT2D eigenvalue weighted by molar-refractivity contribution is 7.89. The summed E-state index contributed by atoms with van der Waals surface area (Å²) in [5.41, 5.74) is 0.475. The van der Waals surface area contributed by atoms with Crippen molar-refractivity contribution in [2.75, 3.05) is 19.6 Å². The van der Waals surface area contributed by atoms with Gasteiger partial charge in [0.2, 0.25) is 10.0 Å². The number of ether oxygens (including phenoxy) is 1. The molecule has 1 heterocycles. The molecule has 2 aromatic rings. The predicted octanol–water partition coefficient (Wildman–Crippen LogP) is 4.18. The molecule has 2 atom stereocenters. The molecular formula is C20H21F5N2O3S. The minimum Gasteiger partial charge on any atom is -0.406 e. The smallest absolute Gasteiger partial charge is 0.406 e. The maximum Gasteiger partial charge on any atom is 0.573 e. The van der Waals surface area contributed by atoms with Gasteiger partial charge in [-0.15, -0.1) is 13.2 Å². The number of sulfonamides is 1. The summed E-state index contributed by atoms with van der Waals surface area (Å²) in [6, 6.07) is 8.19. The Morgan fingerprint density at radius 2 is 1.74 bits per heavy atom. The highest BCUT2D eigenvalue weighted by Gasteiger charge is 2.31. The number of hydrogen-bond donors (Lipinski definition) is 1. The monoisotopic (exact) mass is 464 g/mol. The Bertz CT molecular complexity index is 966. The van der Waals surface area contributed by atoms with Crippen LogP contribution in [0.15, 0.2) is 53.4 Å². The van der Waals surface area contributed by atoms with Crippen LogP contribution in [0.5, 0.6) is 5.75 Å². The van der Waals surface area contributed by atoms with Crippen LogP contribution >= 0.6 is 0 Å². The lowest BCUT2D eigenvalue weighted by Crippen LogP contribution is -2.43. The van der Waals surface area contributed by atoms with Crippen molar-refractivity contribution >= 4 is 10.0 Å². The quantitative estimate of drug-likeness (QED) is 0.625. The van der Waals surface area contributed by atoms with Gasteiger partial charge in [-0.1, -0.05) is 12.1 Å². The third-order valence-corrected chi connectivity index (χ3v) is 6.31. The van der Waals surface area contributed by atoms with Gasteiger partial charge in [0.05, 0.1) is 10.9 Å². The van der Waals surface area contributed by atoms with Crippen molar-refractivity contribution in [1.29, 1.82) is 0 Å². The van der Waals surface area contributed by atoms with Gasteiger partial charge < -0.3 is 4.74 Å². The van der Waals surface area contributed by atoms with E-state index in [1.807, 2.05) is 0 Å². The van der Waals surface area contributed by atoms with E-state index in [0.29, 0.717) is 24.9 Å². The van der Waals surface area contributed by atoms with Crippen LogP contribution in [-0.4, -0.2) is 45.5 Å². The third kappa shape index (κ3) is 6.88. The number of likely N-dealkylation sites (tertiary alicyclic amines) is 1. The largest absolute Gasteiger partial charge is 0.573 e. The van der Waals surface area contributed by atoms with Crippen LogP contribution in [-0.2, 0) is 10.0 Å². The Balaban J connectivity index is 1.80. The second-order valence-corrected chi connectivity index (χ2v) is 8.96. The molecule has 0 saturated carbocycles. The van der Waals surface area contributed by atoms with Gasteiger partial charge in [-0.2, -0.15) is 0 Å². The molecule has 0 bridgehead atoms. The van der Waals surface area contributed by atoms with Crippen molar-refractivity contribution in [2.24, 2.45) is 0 Å². The zero-order valence-corrected chi connectivity index (χ0v) is 17.1. The van der Waals surface area contributed by atoms with Crippen molar-refractivity contribution in [3.63, 3.8) is 0 Å². The van der Waals surface area contributed by atoms with Crippen LogP contribution in [0.3, 0.4) is 0 Å². The number of nitrogens with zero attached hydrogens (tertiary/aromatic N) is 1. The van der Waals surface area contributed by atoms with Gasteiger partial charge in [-0.25, -0.2) is 21.9 Å². The zero-order chi connectivity index (χ0) is 22.6. The standard InChI is InChI=1S/C20H21F5N2O3S/c21-15-5-3-14(4-6-15)19(13-27-11-1-2-16(22)12-27)26-31(28,29)18-9-7-17(8-10-18)30-20(23,24)25/h3-10,16,19,26H,1-2,11-13H2/t16-,19+/m1/s1. The lowest BCUT2D eigenvalue weighted by Gasteiger charge is -2.32. The van der Waals surface area contributed by atoms with E-state index >= 15 is 0 Å². The van der Waals surface area contributed by atoms with Gasteiger partial charge in [-0.05, 0) is 61.3 Å². The predicted molar refractivity (Wildman–Crippen MR) is 103 cm³/mol. The van der Waals surface area contributed by atoms with Crippen molar-refractivity contribution in [2.45, 2.75) is 36.3 Å². The van der Waals surface area contributed by atoms with Crippen LogP contribution in [0.4, 0.5) is 22.0 Å². The molecule has 0 aromatic heterocycles. The molecule has 2 aromatic carbocycles. The van der Waals surface area contributed by atoms with Gasteiger partial charge in [0.1, 0.15) is 17.7 Å². The molecular weight excluding hydrogens is 443 g/mol. The molecule has 1 fully saturated rings. The summed E-state index contributed by atoms with van der Waals surface area (Å²) in [5, 5.41) is 0. The van der Waals surface area contributed by atoms with Gasteiger partial charge in [0.15, 0.2) is 0 Å². The van der Waals surface area contributed by atoms with Crippen LogP contribution in [0, 0.1) is 5.82 Å². The van der Waals surface area contributed by atoms with Crippen LogP contribution in [0.1, 0.15) is 24.4 Å². The SMILES string of the molecule is O=S(=O)(N[C@@H](CN1CCC[C@@H](F)C1)c1ccc(F)cc1)c1ccc(OC(F)(F)F)cc1. The molecule has 1 N–H and O–H groups in total. The average molecular weight is 464 g/mol. The summed E-state index contributed by atoms with van der Waals surface area (Å²) >= 11 is 0. The number of hydrogen-bond acceptors (Lipinski definition) is 4. The lowest BCUT2D eigenvalue weighted by molar-refractivity contribution is -0.274. The van der Waals surface area contributed by atoms with E-state index in [1.54, 1.807) is 4.90 Å². The maximum atomic E-state index is 13.8. The van der Waals surface area contributed by atoms with E-state index < -0.39 is 40.2 Å². The molecule has 0 spiro atoms. The van der Waals surface area contributed by atoms with E-state index in [2.05, 4.69) is 9.46 Å². The second kappa shape index (κ2) is 9.49. The molecule has 1 aliphatic heterocycles. The van der Waals surface area contributed by atoms with Crippen molar-refractivity contribution in [3.8, 4) is 5.75 Å². The summed E-state index contributed by atoms with van der Waals surface area (Å²) in [6.45, 7) is 0.896. The molecule has 11 heteroatoms. The molecule has 170 valence electrons. The Morgan fingerprint density at radius 3 is 2.32 bits per heavy atom. The fourth-order valence-corrected chi connectivity index (χ4v) is 4.62. The Hall–Kier alpha value is -2.24. The lowest BCUT2D eigenvalue weighted by atomic mass is 10.0. The topological polar surface area (TPSA) is 58.6 Å². The molecule has 0 aliphatic carbocycles. The van der Waals surface area contributed by atoms with E-state index in [0.717, 1.165) is 24.3 Å². The number of rotatable bonds is 7. The number of halogens is 5. The average Bonchev–Trinajstić information content (AvgIpc) is 2.67. The highest BCUT2D eigenvalue weighted by Crippen LogP contribution is 2.26. The van der Waals surface area contributed by atoms with Crippen molar-refractivity contribution < 1.29 is 35.1 Å². The number of nitrogens with one attached hydrogen (secondary N) is 1. The molecule has 0 amide bonds. The second-order valence-electron chi connectivity index (χ2n) is 7.24. The number of alkyl halides is 4. The summed E-state index contributed by atoms with van der Waals surface area (Å²) in [6.07, 6.45) is -4.84. The first-order chi connectivity index (χ1) is 14.5. The van der Waals surface area contributed by atoms with Crippen molar-refractivity contribution in [3.05, 3.63) is 59.9 Å². The normalized spacial score (nSPS) is 19.2. The van der Waals surface area contributed by atoms with Crippen molar-refractivity contribution in [1.82, 2.24) is 9.62 Å². The van der Waals surface area contributed by atoms with Gasteiger partial charge in [0, 0.05) is 13.1 Å². The maximum absolute atomic E-state index is 13.8. The Morgan fingerprint density at radius 1 is 1.10 bits per heavy atom. The minimum atomic E-state index is -4.89. The summed E-state index contributed by atoms with van der Waals surface area (Å²) in [4.78, 5) is 1.52. The minimum absolute atomic E-state index is 0.153. The van der Waals surface area contributed by atoms with Crippen LogP contribution in [0.2, 0.25) is 0 Å². The molecule has 5 nitrogen and oxygen atoms in total. The van der Waals surface area contributed by atoms with Crippen LogP contribution < -0.4 is 9.46 Å². The van der Waals surface area contributed by atoms with Gasteiger partial charge in [-0.3, -0.25) is 4.90 Å². The first kappa shape index (κ1) is 23.4. The fourth-order valence-electron chi connectivity index (χ4n) is 3.40. The summed E-state index contributed by atoms with van der Waals surface area (Å²) in [5.74, 6) is -1.05.